The Morgan fingerprint density at radius 3 is 2.88 bits per heavy atom. The highest BCUT2D eigenvalue weighted by Gasteiger charge is 2.08. The summed E-state index contributed by atoms with van der Waals surface area (Å²) in [5, 5.41) is 12.6. The van der Waals surface area contributed by atoms with Gasteiger partial charge in [0, 0.05) is 32.6 Å². The molecule has 0 aromatic carbocycles. The van der Waals surface area contributed by atoms with Crippen molar-refractivity contribution in [3.05, 3.63) is 18.5 Å². The average molecular weight is 225 g/mol. The SMILES string of the molecule is CN(CCCCCO)C(=O)Cn1cccn1. The van der Waals surface area contributed by atoms with Crippen molar-refractivity contribution >= 4 is 5.91 Å². The quantitative estimate of drug-likeness (QED) is 0.688. The number of aromatic nitrogens is 2. The lowest BCUT2D eigenvalue weighted by molar-refractivity contribution is -0.130. The van der Waals surface area contributed by atoms with Gasteiger partial charge in [-0.05, 0) is 25.3 Å². The molecule has 0 atom stereocenters. The summed E-state index contributed by atoms with van der Waals surface area (Å²) in [6.45, 7) is 1.26. The Hall–Kier alpha value is -1.36. The zero-order valence-corrected chi connectivity index (χ0v) is 9.67. The van der Waals surface area contributed by atoms with E-state index in [0.717, 1.165) is 25.8 Å². The number of nitrogens with zero attached hydrogens (tertiary/aromatic N) is 3. The van der Waals surface area contributed by atoms with Crippen LogP contribution < -0.4 is 0 Å². The molecule has 1 heterocycles. The summed E-state index contributed by atoms with van der Waals surface area (Å²) in [7, 11) is 1.80. The first-order valence-corrected chi connectivity index (χ1v) is 5.56. The predicted octanol–water partition coefficient (Wildman–Crippen LogP) is 0.504. The summed E-state index contributed by atoms with van der Waals surface area (Å²) >= 11 is 0. The highest BCUT2D eigenvalue weighted by molar-refractivity contribution is 5.75. The molecule has 1 aromatic rings. The second-order valence-corrected chi connectivity index (χ2v) is 3.80. The maximum atomic E-state index is 11.7. The van der Waals surface area contributed by atoms with Crippen molar-refractivity contribution in [2.45, 2.75) is 25.8 Å². The summed E-state index contributed by atoms with van der Waals surface area (Å²) in [6, 6.07) is 1.80. The minimum Gasteiger partial charge on any atom is -0.396 e. The summed E-state index contributed by atoms with van der Waals surface area (Å²) in [5.41, 5.74) is 0. The van der Waals surface area contributed by atoms with Gasteiger partial charge >= 0.3 is 0 Å². The van der Waals surface area contributed by atoms with Gasteiger partial charge in [0.2, 0.25) is 5.91 Å². The van der Waals surface area contributed by atoms with Gasteiger partial charge in [-0.15, -0.1) is 0 Å². The number of carbonyl (C=O) groups is 1. The van der Waals surface area contributed by atoms with Crippen molar-refractivity contribution in [1.82, 2.24) is 14.7 Å². The second-order valence-electron chi connectivity index (χ2n) is 3.80. The summed E-state index contributed by atoms with van der Waals surface area (Å²) < 4.78 is 1.62. The Kier molecular flexibility index (Phi) is 5.56. The minimum atomic E-state index is 0.0627. The molecule has 16 heavy (non-hydrogen) atoms. The van der Waals surface area contributed by atoms with E-state index < -0.39 is 0 Å². The Morgan fingerprint density at radius 2 is 2.25 bits per heavy atom. The molecule has 0 bridgehead atoms. The molecule has 5 heteroatoms. The topological polar surface area (TPSA) is 58.4 Å². The Labute approximate surface area is 95.7 Å². The van der Waals surface area contributed by atoms with Crippen LogP contribution in [0, 0.1) is 0 Å². The highest BCUT2D eigenvalue weighted by Crippen LogP contribution is 1.98. The van der Waals surface area contributed by atoms with Crippen molar-refractivity contribution in [2.75, 3.05) is 20.2 Å². The Bertz CT molecular complexity index is 298. The Morgan fingerprint density at radius 1 is 1.44 bits per heavy atom. The van der Waals surface area contributed by atoms with Crippen LogP contribution in [0.25, 0.3) is 0 Å². The summed E-state index contributed by atoms with van der Waals surface area (Å²) in [4.78, 5) is 13.4. The van der Waals surface area contributed by atoms with Crippen LogP contribution in [0.5, 0.6) is 0 Å². The molecule has 0 aliphatic carbocycles. The smallest absolute Gasteiger partial charge is 0.244 e. The van der Waals surface area contributed by atoms with Crippen LogP contribution in [0.3, 0.4) is 0 Å². The maximum Gasteiger partial charge on any atom is 0.244 e. The first-order chi connectivity index (χ1) is 7.74. The minimum absolute atomic E-state index is 0.0627. The standard InChI is InChI=1S/C11H19N3O2/c1-13(7-3-2-4-9-15)11(16)10-14-8-5-6-12-14/h5-6,8,15H,2-4,7,9-10H2,1H3. The zero-order valence-electron chi connectivity index (χ0n) is 9.67. The van der Waals surface area contributed by atoms with Crippen molar-refractivity contribution < 1.29 is 9.90 Å². The van der Waals surface area contributed by atoms with Crippen molar-refractivity contribution in [2.24, 2.45) is 0 Å². The van der Waals surface area contributed by atoms with Gasteiger partial charge < -0.3 is 10.0 Å². The molecule has 0 aliphatic heterocycles. The molecular weight excluding hydrogens is 206 g/mol. The molecule has 0 unspecified atom stereocenters. The number of rotatable bonds is 7. The number of carbonyl (C=O) groups excluding carboxylic acids is 1. The van der Waals surface area contributed by atoms with Crippen molar-refractivity contribution in [1.29, 1.82) is 0 Å². The van der Waals surface area contributed by atoms with Crippen LogP contribution in [0.1, 0.15) is 19.3 Å². The third-order valence-corrected chi connectivity index (χ3v) is 2.43. The fourth-order valence-electron chi connectivity index (χ4n) is 1.42. The van der Waals surface area contributed by atoms with Gasteiger partial charge in [-0.3, -0.25) is 9.48 Å². The number of aliphatic hydroxyl groups excluding tert-OH is 1. The van der Waals surface area contributed by atoms with Gasteiger partial charge in [-0.2, -0.15) is 5.10 Å². The predicted molar refractivity (Wildman–Crippen MR) is 60.8 cm³/mol. The molecular formula is C11H19N3O2. The van der Waals surface area contributed by atoms with E-state index in [0.29, 0.717) is 6.54 Å². The van der Waals surface area contributed by atoms with Crippen LogP contribution >= 0.6 is 0 Å². The second kappa shape index (κ2) is 7.00. The lowest BCUT2D eigenvalue weighted by Crippen LogP contribution is -2.31. The van der Waals surface area contributed by atoms with E-state index in [-0.39, 0.29) is 12.5 Å². The molecule has 0 aliphatic rings. The molecule has 90 valence electrons. The lowest BCUT2D eigenvalue weighted by Gasteiger charge is -2.16. The average Bonchev–Trinajstić information content (AvgIpc) is 2.76. The Balaban J connectivity index is 2.20. The fourth-order valence-corrected chi connectivity index (χ4v) is 1.42. The molecule has 0 spiro atoms. The molecule has 0 radical (unpaired) electrons. The molecule has 1 N–H and O–H groups in total. The van der Waals surface area contributed by atoms with Gasteiger partial charge in [-0.1, -0.05) is 0 Å². The molecule has 0 fully saturated rings. The van der Waals surface area contributed by atoms with E-state index in [9.17, 15) is 4.79 Å². The summed E-state index contributed by atoms with van der Waals surface area (Å²) in [5.74, 6) is 0.0627. The molecule has 0 saturated carbocycles. The number of hydrogen-bond donors (Lipinski definition) is 1. The molecule has 1 aromatic heterocycles. The van der Waals surface area contributed by atoms with Gasteiger partial charge in [0.25, 0.3) is 0 Å². The van der Waals surface area contributed by atoms with Crippen molar-refractivity contribution in [3.8, 4) is 0 Å². The van der Waals surface area contributed by atoms with Crippen LogP contribution in [0.15, 0.2) is 18.5 Å². The van der Waals surface area contributed by atoms with E-state index in [4.69, 9.17) is 5.11 Å². The maximum absolute atomic E-state index is 11.7. The number of amides is 1. The van der Waals surface area contributed by atoms with Gasteiger partial charge in [0.05, 0.1) is 0 Å². The highest BCUT2D eigenvalue weighted by atomic mass is 16.2. The summed E-state index contributed by atoms with van der Waals surface area (Å²) in [6.07, 6.45) is 6.13. The van der Waals surface area contributed by atoms with Gasteiger partial charge in [0.15, 0.2) is 0 Å². The molecule has 1 rings (SSSR count). The first kappa shape index (κ1) is 12.7. The number of unbranched alkanes of at least 4 members (excludes halogenated alkanes) is 2. The van der Waals surface area contributed by atoms with Crippen LogP contribution in [-0.2, 0) is 11.3 Å². The van der Waals surface area contributed by atoms with Crippen LogP contribution in [0.4, 0.5) is 0 Å². The third-order valence-electron chi connectivity index (χ3n) is 2.43. The van der Waals surface area contributed by atoms with Gasteiger partial charge in [-0.25, -0.2) is 0 Å². The van der Waals surface area contributed by atoms with Crippen LogP contribution in [-0.4, -0.2) is 45.9 Å². The molecule has 0 saturated heterocycles. The molecule has 5 nitrogen and oxygen atoms in total. The lowest BCUT2D eigenvalue weighted by atomic mass is 10.2. The van der Waals surface area contributed by atoms with E-state index in [2.05, 4.69) is 5.10 Å². The number of aliphatic hydroxyl groups is 1. The number of likely N-dealkylation sites (N-methyl/N-ethyl adjacent to an activating group) is 1. The first-order valence-electron chi connectivity index (χ1n) is 5.56. The van der Waals surface area contributed by atoms with Crippen LogP contribution in [0.2, 0.25) is 0 Å². The largest absolute Gasteiger partial charge is 0.396 e. The van der Waals surface area contributed by atoms with Gasteiger partial charge in [0.1, 0.15) is 6.54 Å². The van der Waals surface area contributed by atoms with E-state index in [1.807, 2.05) is 0 Å². The van der Waals surface area contributed by atoms with E-state index in [1.165, 1.54) is 0 Å². The normalized spacial score (nSPS) is 10.4. The molecule has 1 amide bonds. The van der Waals surface area contributed by atoms with E-state index in [1.54, 1.807) is 35.1 Å². The monoisotopic (exact) mass is 225 g/mol. The number of hydrogen-bond acceptors (Lipinski definition) is 3. The fraction of sp³-hybridized carbons (Fsp3) is 0.636. The zero-order chi connectivity index (χ0) is 11.8. The van der Waals surface area contributed by atoms with Crippen molar-refractivity contribution in [3.63, 3.8) is 0 Å². The van der Waals surface area contributed by atoms with E-state index >= 15 is 0 Å². The third kappa shape index (κ3) is 4.44.